The Morgan fingerprint density at radius 2 is 2.17 bits per heavy atom. The third-order valence-electron chi connectivity index (χ3n) is 3.85. The van der Waals surface area contributed by atoms with Crippen LogP contribution in [0, 0.1) is 5.41 Å². The van der Waals surface area contributed by atoms with Crippen LogP contribution in [0.1, 0.15) is 38.7 Å². The molecule has 0 aliphatic carbocycles. The van der Waals surface area contributed by atoms with E-state index in [2.05, 4.69) is 41.2 Å². The van der Waals surface area contributed by atoms with Crippen LogP contribution < -0.4 is 10.2 Å². The van der Waals surface area contributed by atoms with Crippen molar-refractivity contribution >= 4 is 5.82 Å². The summed E-state index contributed by atoms with van der Waals surface area (Å²) in [7, 11) is 1.98. The van der Waals surface area contributed by atoms with Gasteiger partial charge in [0.2, 0.25) is 0 Å². The molecule has 0 unspecified atom stereocenters. The monoisotopic (exact) mass is 247 g/mol. The molecule has 0 aromatic carbocycles. The number of nitrogens with zero attached hydrogens (tertiary/aromatic N) is 2. The lowest BCUT2D eigenvalue weighted by molar-refractivity contribution is 0.325. The minimum absolute atomic E-state index is 0.483. The fraction of sp³-hybridized carbons (Fsp3) is 0.667. The summed E-state index contributed by atoms with van der Waals surface area (Å²) in [5.41, 5.74) is 1.79. The van der Waals surface area contributed by atoms with Crippen LogP contribution in [0.15, 0.2) is 18.3 Å². The van der Waals surface area contributed by atoms with E-state index in [1.807, 2.05) is 13.2 Å². The third kappa shape index (κ3) is 3.45. The second kappa shape index (κ2) is 5.70. The number of rotatable bonds is 3. The third-order valence-corrected chi connectivity index (χ3v) is 3.85. The summed E-state index contributed by atoms with van der Waals surface area (Å²) < 4.78 is 0. The lowest BCUT2D eigenvalue weighted by Gasteiger charge is -2.24. The molecular formula is C15H25N3. The van der Waals surface area contributed by atoms with Gasteiger partial charge < -0.3 is 10.2 Å². The smallest absolute Gasteiger partial charge is 0.128 e. The van der Waals surface area contributed by atoms with Crippen LogP contribution in [0.4, 0.5) is 5.82 Å². The van der Waals surface area contributed by atoms with Crippen molar-refractivity contribution in [1.82, 2.24) is 10.3 Å². The average Bonchev–Trinajstić information content (AvgIpc) is 2.51. The van der Waals surface area contributed by atoms with E-state index in [1.54, 1.807) is 0 Å². The van der Waals surface area contributed by atoms with Crippen LogP contribution in [-0.4, -0.2) is 25.1 Å². The summed E-state index contributed by atoms with van der Waals surface area (Å²) >= 11 is 0. The standard InChI is InChI=1S/C15H25N3/c1-15(2)6-4-9-18(10-7-15)14-11-13(12-16-3)5-8-17-14/h5,8,11,16H,4,6-7,9-10,12H2,1-3H3. The summed E-state index contributed by atoms with van der Waals surface area (Å²) in [6.45, 7) is 7.93. The van der Waals surface area contributed by atoms with Gasteiger partial charge >= 0.3 is 0 Å². The van der Waals surface area contributed by atoms with Crippen molar-refractivity contribution in [3.05, 3.63) is 23.9 Å². The van der Waals surface area contributed by atoms with Gasteiger partial charge in [0.25, 0.3) is 0 Å². The van der Waals surface area contributed by atoms with Crippen molar-refractivity contribution in [1.29, 1.82) is 0 Å². The molecule has 1 aliphatic heterocycles. The van der Waals surface area contributed by atoms with Crippen LogP contribution in [-0.2, 0) is 6.54 Å². The van der Waals surface area contributed by atoms with Crippen LogP contribution in [0.3, 0.4) is 0 Å². The molecule has 1 aromatic rings. The van der Waals surface area contributed by atoms with Crippen molar-refractivity contribution in [2.24, 2.45) is 5.41 Å². The molecule has 3 heteroatoms. The number of aromatic nitrogens is 1. The summed E-state index contributed by atoms with van der Waals surface area (Å²) in [6.07, 6.45) is 5.77. The molecule has 0 amide bonds. The first-order valence-corrected chi connectivity index (χ1v) is 6.95. The molecule has 2 heterocycles. The van der Waals surface area contributed by atoms with Gasteiger partial charge in [-0.2, -0.15) is 0 Å². The zero-order chi connectivity index (χ0) is 13.0. The maximum absolute atomic E-state index is 4.53. The molecular weight excluding hydrogens is 222 g/mol. The maximum Gasteiger partial charge on any atom is 0.128 e. The van der Waals surface area contributed by atoms with Gasteiger partial charge in [-0.15, -0.1) is 0 Å². The highest BCUT2D eigenvalue weighted by Gasteiger charge is 2.23. The molecule has 1 N–H and O–H groups in total. The second-order valence-corrected chi connectivity index (χ2v) is 6.06. The average molecular weight is 247 g/mol. The highest BCUT2D eigenvalue weighted by atomic mass is 15.2. The second-order valence-electron chi connectivity index (χ2n) is 6.06. The van der Waals surface area contributed by atoms with E-state index in [9.17, 15) is 0 Å². The van der Waals surface area contributed by atoms with Crippen LogP contribution in [0.2, 0.25) is 0 Å². The van der Waals surface area contributed by atoms with Gasteiger partial charge in [-0.05, 0) is 49.4 Å². The van der Waals surface area contributed by atoms with Crippen LogP contribution in [0.5, 0.6) is 0 Å². The molecule has 1 aliphatic rings. The molecule has 0 radical (unpaired) electrons. The SMILES string of the molecule is CNCc1ccnc(N2CCCC(C)(C)CC2)c1. The fourth-order valence-electron chi connectivity index (χ4n) is 2.60. The highest BCUT2D eigenvalue weighted by molar-refractivity contribution is 5.41. The van der Waals surface area contributed by atoms with Crippen molar-refractivity contribution in [2.45, 2.75) is 39.7 Å². The van der Waals surface area contributed by atoms with Crippen LogP contribution in [0.25, 0.3) is 0 Å². The lowest BCUT2D eigenvalue weighted by atomic mass is 9.85. The van der Waals surface area contributed by atoms with E-state index >= 15 is 0 Å². The van der Waals surface area contributed by atoms with E-state index in [0.29, 0.717) is 5.41 Å². The van der Waals surface area contributed by atoms with Crippen molar-refractivity contribution < 1.29 is 0 Å². The maximum atomic E-state index is 4.53. The Kier molecular flexibility index (Phi) is 4.23. The Balaban J connectivity index is 2.08. The topological polar surface area (TPSA) is 28.2 Å². The first-order chi connectivity index (χ1) is 8.61. The largest absolute Gasteiger partial charge is 0.357 e. The van der Waals surface area contributed by atoms with Gasteiger partial charge in [0.1, 0.15) is 5.82 Å². The molecule has 1 aromatic heterocycles. The van der Waals surface area contributed by atoms with Gasteiger partial charge in [0, 0.05) is 25.8 Å². The van der Waals surface area contributed by atoms with E-state index in [1.165, 1.54) is 24.8 Å². The predicted octanol–water partition coefficient (Wildman–Crippen LogP) is 2.82. The first-order valence-electron chi connectivity index (χ1n) is 6.95. The van der Waals surface area contributed by atoms with Gasteiger partial charge in [0.15, 0.2) is 0 Å². The number of hydrogen-bond acceptors (Lipinski definition) is 3. The zero-order valence-electron chi connectivity index (χ0n) is 11.9. The molecule has 0 saturated carbocycles. The zero-order valence-corrected chi connectivity index (χ0v) is 11.9. The number of anilines is 1. The highest BCUT2D eigenvalue weighted by Crippen LogP contribution is 2.31. The molecule has 100 valence electrons. The molecule has 18 heavy (non-hydrogen) atoms. The summed E-state index contributed by atoms with van der Waals surface area (Å²) in [5.74, 6) is 1.14. The molecule has 1 saturated heterocycles. The normalized spacial score (nSPS) is 19.6. The van der Waals surface area contributed by atoms with E-state index in [4.69, 9.17) is 0 Å². The lowest BCUT2D eigenvalue weighted by Crippen LogP contribution is -2.26. The van der Waals surface area contributed by atoms with Gasteiger partial charge in [-0.1, -0.05) is 13.8 Å². The Morgan fingerprint density at radius 1 is 1.33 bits per heavy atom. The first kappa shape index (κ1) is 13.3. The minimum Gasteiger partial charge on any atom is -0.357 e. The number of hydrogen-bond donors (Lipinski definition) is 1. The quantitative estimate of drug-likeness (QED) is 0.890. The van der Waals surface area contributed by atoms with Crippen LogP contribution >= 0.6 is 0 Å². The number of pyridine rings is 1. The Hall–Kier alpha value is -1.09. The Morgan fingerprint density at radius 3 is 2.94 bits per heavy atom. The molecule has 0 atom stereocenters. The Labute approximate surface area is 111 Å². The molecule has 1 fully saturated rings. The summed E-state index contributed by atoms with van der Waals surface area (Å²) in [4.78, 5) is 6.97. The molecule has 2 rings (SSSR count). The van der Waals surface area contributed by atoms with E-state index in [0.717, 1.165) is 25.5 Å². The molecule has 0 bridgehead atoms. The van der Waals surface area contributed by atoms with E-state index < -0.39 is 0 Å². The minimum atomic E-state index is 0.483. The van der Waals surface area contributed by atoms with Crippen molar-refractivity contribution in [2.75, 3.05) is 25.0 Å². The van der Waals surface area contributed by atoms with Crippen molar-refractivity contribution in [3.63, 3.8) is 0 Å². The van der Waals surface area contributed by atoms with Gasteiger partial charge in [-0.3, -0.25) is 0 Å². The molecule has 3 nitrogen and oxygen atoms in total. The van der Waals surface area contributed by atoms with Gasteiger partial charge in [-0.25, -0.2) is 4.98 Å². The fourth-order valence-corrected chi connectivity index (χ4v) is 2.60. The predicted molar refractivity (Wildman–Crippen MR) is 76.8 cm³/mol. The van der Waals surface area contributed by atoms with Gasteiger partial charge in [0.05, 0.1) is 0 Å². The summed E-state index contributed by atoms with van der Waals surface area (Å²) in [6, 6.07) is 4.30. The van der Waals surface area contributed by atoms with E-state index in [-0.39, 0.29) is 0 Å². The number of nitrogens with one attached hydrogen (secondary N) is 1. The molecule has 0 spiro atoms. The summed E-state index contributed by atoms with van der Waals surface area (Å²) in [5, 5.41) is 3.19. The Bertz CT molecular complexity index is 387. The van der Waals surface area contributed by atoms with Crippen molar-refractivity contribution in [3.8, 4) is 0 Å².